The molecule has 2 N–H and O–H groups in total. The monoisotopic (exact) mass is 413 g/mol. The zero-order chi connectivity index (χ0) is 17.7. The number of carbonyl (C=O) groups is 1. The normalized spacial score (nSPS) is 17.0. The van der Waals surface area contributed by atoms with Crippen LogP contribution in [0.4, 0.5) is 8.78 Å². The Kier molecular flexibility index (Phi) is 11.2. The number of halogens is 4. The lowest BCUT2D eigenvalue weighted by Gasteiger charge is -2.40. The molecule has 1 fully saturated rings. The molecule has 1 aromatic carbocycles. The van der Waals surface area contributed by atoms with E-state index in [1.54, 1.807) is 4.90 Å². The summed E-state index contributed by atoms with van der Waals surface area (Å²) in [6.07, 6.45) is 0.708. The third-order valence-electron chi connectivity index (χ3n) is 4.44. The van der Waals surface area contributed by atoms with E-state index < -0.39 is 17.7 Å². The highest BCUT2D eigenvalue weighted by Crippen LogP contribution is 2.28. The molecule has 1 aromatic rings. The summed E-state index contributed by atoms with van der Waals surface area (Å²) in [5.41, 5.74) is 6.28. The van der Waals surface area contributed by atoms with Crippen LogP contribution in [0.2, 0.25) is 0 Å². The van der Waals surface area contributed by atoms with E-state index in [0.29, 0.717) is 38.2 Å². The molecule has 1 aliphatic heterocycles. The van der Waals surface area contributed by atoms with Crippen LogP contribution in [0.15, 0.2) is 18.2 Å². The lowest BCUT2D eigenvalue weighted by molar-refractivity contribution is -0.135. The molecule has 0 aliphatic carbocycles. The van der Waals surface area contributed by atoms with Crippen molar-refractivity contribution in [2.45, 2.75) is 25.4 Å². The molecule has 0 bridgehead atoms. The third kappa shape index (κ3) is 6.03. The Balaban J connectivity index is 0.00000312. The largest absolute Gasteiger partial charge is 0.383 e. The van der Waals surface area contributed by atoms with E-state index in [1.807, 2.05) is 6.92 Å². The first-order valence-electron chi connectivity index (χ1n) is 8.20. The Morgan fingerprint density at radius 1 is 1.23 bits per heavy atom. The van der Waals surface area contributed by atoms with Crippen LogP contribution in [-0.2, 0) is 9.53 Å². The van der Waals surface area contributed by atoms with E-state index in [4.69, 9.17) is 10.5 Å². The molecule has 5 nitrogen and oxygen atoms in total. The second-order valence-corrected chi connectivity index (χ2v) is 6.01. The van der Waals surface area contributed by atoms with E-state index in [-0.39, 0.29) is 43.4 Å². The van der Waals surface area contributed by atoms with Crippen LogP contribution in [-0.4, -0.2) is 61.6 Å². The number of methoxy groups -OCH3 is 1. The summed E-state index contributed by atoms with van der Waals surface area (Å²) >= 11 is 0. The molecular formula is C17H27Cl2F2N3O2. The molecule has 0 spiro atoms. The number of carbonyl (C=O) groups excluding carboxylic acids is 1. The zero-order valence-electron chi connectivity index (χ0n) is 15.0. The number of nitrogens with two attached hydrogens (primary N) is 1. The zero-order valence-corrected chi connectivity index (χ0v) is 16.6. The molecule has 0 radical (unpaired) electrons. The van der Waals surface area contributed by atoms with E-state index in [1.165, 1.54) is 19.2 Å². The number of benzene rings is 1. The van der Waals surface area contributed by atoms with Gasteiger partial charge < -0.3 is 15.4 Å². The molecule has 1 heterocycles. The third-order valence-corrected chi connectivity index (χ3v) is 4.44. The summed E-state index contributed by atoms with van der Waals surface area (Å²) in [5.74, 6) is -1.23. The molecule has 26 heavy (non-hydrogen) atoms. The molecule has 0 saturated carbocycles. The van der Waals surface area contributed by atoms with Crippen molar-refractivity contribution in [3.05, 3.63) is 35.4 Å². The van der Waals surface area contributed by atoms with Crippen LogP contribution in [0.5, 0.6) is 0 Å². The fourth-order valence-electron chi connectivity index (χ4n) is 3.19. The van der Waals surface area contributed by atoms with Gasteiger partial charge in [0.25, 0.3) is 0 Å². The van der Waals surface area contributed by atoms with E-state index in [0.717, 1.165) is 6.07 Å². The fourth-order valence-corrected chi connectivity index (χ4v) is 3.19. The van der Waals surface area contributed by atoms with Crippen LogP contribution >= 0.6 is 24.8 Å². The van der Waals surface area contributed by atoms with Gasteiger partial charge >= 0.3 is 0 Å². The average molecular weight is 414 g/mol. The molecule has 1 aliphatic rings. The Bertz CT molecular complexity index is 573. The number of nitrogens with zero attached hydrogens (tertiary/aromatic N) is 2. The maximum atomic E-state index is 14.1. The van der Waals surface area contributed by atoms with Gasteiger partial charge in [-0.2, -0.15) is 0 Å². The van der Waals surface area contributed by atoms with Gasteiger partial charge in [-0.3, -0.25) is 9.69 Å². The van der Waals surface area contributed by atoms with Crippen molar-refractivity contribution in [3.63, 3.8) is 0 Å². The van der Waals surface area contributed by atoms with E-state index in [9.17, 15) is 13.6 Å². The lowest BCUT2D eigenvalue weighted by atomic mass is 10.0. The van der Waals surface area contributed by atoms with E-state index in [2.05, 4.69) is 4.90 Å². The van der Waals surface area contributed by atoms with Crippen LogP contribution in [0.3, 0.4) is 0 Å². The minimum absolute atomic E-state index is 0. The van der Waals surface area contributed by atoms with Gasteiger partial charge in [0.2, 0.25) is 5.91 Å². The smallest absolute Gasteiger partial charge is 0.241 e. The first-order valence-corrected chi connectivity index (χ1v) is 8.20. The molecule has 1 saturated heterocycles. The SMILES string of the molecule is CCC(c1ccc(F)cc1F)N1CCN(C(=O)C(N)COC)CC1.Cl.Cl. The predicted octanol–water partition coefficient (Wildman–Crippen LogP) is 2.38. The fraction of sp³-hybridized carbons (Fsp3) is 0.588. The number of hydrogen-bond acceptors (Lipinski definition) is 4. The summed E-state index contributed by atoms with van der Waals surface area (Å²) in [7, 11) is 1.51. The highest BCUT2D eigenvalue weighted by Gasteiger charge is 2.29. The van der Waals surface area contributed by atoms with Crippen molar-refractivity contribution in [2.24, 2.45) is 5.73 Å². The highest BCUT2D eigenvalue weighted by molar-refractivity contribution is 5.85. The number of rotatable bonds is 6. The molecule has 2 atom stereocenters. The number of amides is 1. The van der Waals surface area contributed by atoms with Crippen molar-refractivity contribution >= 4 is 30.7 Å². The number of hydrogen-bond donors (Lipinski definition) is 1. The summed E-state index contributed by atoms with van der Waals surface area (Å²) in [6, 6.07) is 2.92. The summed E-state index contributed by atoms with van der Waals surface area (Å²) in [5, 5.41) is 0. The minimum atomic E-state index is -0.655. The Morgan fingerprint density at radius 3 is 2.35 bits per heavy atom. The van der Waals surface area contributed by atoms with E-state index >= 15 is 0 Å². The summed E-state index contributed by atoms with van der Waals surface area (Å²) < 4.78 is 32.1. The second-order valence-electron chi connectivity index (χ2n) is 6.01. The number of ether oxygens (including phenoxy) is 1. The van der Waals surface area contributed by atoms with Gasteiger partial charge in [-0.15, -0.1) is 24.8 Å². The van der Waals surface area contributed by atoms with Crippen LogP contribution in [0, 0.1) is 11.6 Å². The van der Waals surface area contributed by atoms with Crippen molar-refractivity contribution in [1.29, 1.82) is 0 Å². The molecule has 0 aromatic heterocycles. The molecule has 2 rings (SSSR count). The Morgan fingerprint density at radius 2 is 1.85 bits per heavy atom. The van der Waals surface area contributed by atoms with Gasteiger partial charge in [0.1, 0.15) is 17.7 Å². The van der Waals surface area contributed by atoms with Gasteiger partial charge in [-0.05, 0) is 12.5 Å². The average Bonchev–Trinajstić information content (AvgIpc) is 2.57. The minimum Gasteiger partial charge on any atom is -0.383 e. The van der Waals surface area contributed by atoms with Crippen molar-refractivity contribution in [1.82, 2.24) is 9.80 Å². The Labute approximate surface area is 165 Å². The first-order chi connectivity index (χ1) is 11.5. The highest BCUT2D eigenvalue weighted by atomic mass is 35.5. The molecule has 9 heteroatoms. The van der Waals surface area contributed by atoms with Crippen molar-refractivity contribution in [3.8, 4) is 0 Å². The second kappa shape index (κ2) is 11.7. The first kappa shape index (κ1) is 25.0. The summed E-state index contributed by atoms with van der Waals surface area (Å²) in [6.45, 7) is 4.49. The Hall–Kier alpha value is -0.990. The lowest BCUT2D eigenvalue weighted by Crippen LogP contribution is -2.54. The van der Waals surface area contributed by atoms with Crippen molar-refractivity contribution in [2.75, 3.05) is 39.9 Å². The van der Waals surface area contributed by atoms with Crippen LogP contribution < -0.4 is 5.73 Å². The molecule has 150 valence electrons. The molecular weight excluding hydrogens is 387 g/mol. The predicted molar refractivity (Wildman–Crippen MR) is 102 cm³/mol. The van der Waals surface area contributed by atoms with Crippen LogP contribution in [0.25, 0.3) is 0 Å². The molecule has 2 unspecified atom stereocenters. The van der Waals surface area contributed by atoms with Crippen molar-refractivity contribution < 1.29 is 18.3 Å². The van der Waals surface area contributed by atoms with Gasteiger partial charge in [0, 0.05) is 51.0 Å². The van der Waals surface area contributed by atoms with Crippen LogP contribution in [0.1, 0.15) is 24.9 Å². The van der Waals surface area contributed by atoms with Gasteiger partial charge in [0.15, 0.2) is 0 Å². The maximum Gasteiger partial charge on any atom is 0.241 e. The topological polar surface area (TPSA) is 58.8 Å². The number of piperazine rings is 1. The van der Waals surface area contributed by atoms with Gasteiger partial charge in [0.05, 0.1) is 6.61 Å². The standard InChI is InChI=1S/C17H25F2N3O2.2ClH/c1-3-16(13-5-4-12(18)10-14(13)19)21-6-8-22(9-7-21)17(23)15(20)11-24-2;;/h4-5,10,15-16H,3,6-9,11,20H2,1-2H3;2*1H. The summed E-state index contributed by atoms with van der Waals surface area (Å²) in [4.78, 5) is 16.0. The van der Waals surface area contributed by atoms with Gasteiger partial charge in [-0.1, -0.05) is 13.0 Å². The maximum absolute atomic E-state index is 14.1. The van der Waals surface area contributed by atoms with Gasteiger partial charge in [-0.25, -0.2) is 8.78 Å². The quantitative estimate of drug-likeness (QED) is 0.777. The molecule has 1 amide bonds.